The third-order valence-electron chi connectivity index (χ3n) is 1.66. The molecular formula is C7H10BrCl. The molecule has 1 aliphatic carbocycles. The molecule has 0 saturated heterocycles. The van der Waals surface area contributed by atoms with Crippen molar-refractivity contribution in [3.63, 3.8) is 0 Å². The minimum Gasteiger partial charge on any atom is -0.118 e. The summed E-state index contributed by atoms with van der Waals surface area (Å²) in [6.45, 7) is 3.88. The minimum atomic E-state index is 0.235. The molecule has 0 bridgehead atoms. The number of allylic oxidation sites excluding steroid dienone is 1. The summed E-state index contributed by atoms with van der Waals surface area (Å²) in [4.78, 5) is 0.625. The first-order valence-corrected chi connectivity index (χ1v) is 4.51. The zero-order valence-corrected chi connectivity index (χ0v) is 7.58. The van der Waals surface area contributed by atoms with Gasteiger partial charge in [-0.15, -0.1) is 11.6 Å². The van der Waals surface area contributed by atoms with Gasteiger partial charge in [-0.25, -0.2) is 0 Å². The van der Waals surface area contributed by atoms with Crippen molar-refractivity contribution in [3.8, 4) is 0 Å². The summed E-state index contributed by atoms with van der Waals surface area (Å²) < 4.78 is 0. The zero-order valence-electron chi connectivity index (χ0n) is 5.24. The van der Waals surface area contributed by atoms with Crippen LogP contribution in [0.15, 0.2) is 12.2 Å². The summed E-state index contributed by atoms with van der Waals surface area (Å²) in [5.74, 6) is 0. The van der Waals surface area contributed by atoms with Crippen molar-refractivity contribution in [1.82, 2.24) is 0 Å². The maximum atomic E-state index is 5.91. The Balaban J connectivity index is 2.44. The lowest BCUT2D eigenvalue weighted by Crippen LogP contribution is -2.15. The summed E-state index contributed by atoms with van der Waals surface area (Å²) in [6.07, 6.45) is 3.32. The van der Waals surface area contributed by atoms with E-state index in [0.717, 1.165) is 12.8 Å². The van der Waals surface area contributed by atoms with Gasteiger partial charge >= 0.3 is 0 Å². The molecule has 0 N–H and O–H groups in total. The number of hydrogen-bond acceptors (Lipinski definition) is 0. The van der Waals surface area contributed by atoms with E-state index in [1.807, 2.05) is 0 Å². The van der Waals surface area contributed by atoms with E-state index in [2.05, 4.69) is 22.5 Å². The minimum absolute atomic E-state index is 0.235. The summed E-state index contributed by atoms with van der Waals surface area (Å²) in [5, 5.41) is 0.235. The zero-order chi connectivity index (χ0) is 6.85. The molecular weight excluding hydrogens is 199 g/mol. The van der Waals surface area contributed by atoms with Gasteiger partial charge in [0.2, 0.25) is 0 Å². The molecule has 52 valence electrons. The van der Waals surface area contributed by atoms with Crippen LogP contribution in [0.25, 0.3) is 0 Å². The fraction of sp³-hybridized carbons (Fsp3) is 0.714. The summed E-state index contributed by atoms with van der Waals surface area (Å²) >= 11 is 9.45. The monoisotopic (exact) mass is 208 g/mol. The molecule has 1 aliphatic rings. The van der Waals surface area contributed by atoms with Gasteiger partial charge in [-0.2, -0.15) is 0 Å². The molecule has 0 aromatic heterocycles. The van der Waals surface area contributed by atoms with Gasteiger partial charge in [0.15, 0.2) is 0 Å². The highest BCUT2D eigenvalue weighted by Gasteiger charge is 2.19. The van der Waals surface area contributed by atoms with Gasteiger partial charge in [0, 0.05) is 4.83 Å². The molecule has 0 nitrogen and oxygen atoms in total. The Hall–Kier alpha value is 0.510. The molecule has 2 atom stereocenters. The molecule has 0 heterocycles. The topological polar surface area (TPSA) is 0 Å². The van der Waals surface area contributed by atoms with Crippen molar-refractivity contribution < 1.29 is 0 Å². The lowest BCUT2D eigenvalue weighted by molar-refractivity contribution is 0.627. The molecule has 0 spiro atoms. The Morgan fingerprint density at radius 1 is 1.56 bits per heavy atom. The summed E-state index contributed by atoms with van der Waals surface area (Å²) in [6, 6.07) is 0. The lowest BCUT2D eigenvalue weighted by atomic mass is 9.96. The molecule has 1 rings (SSSR count). The SMILES string of the molecule is C=C1CC(Br)CCC1Cl. The van der Waals surface area contributed by atoms with Gasteiger partial charge in [-0.1, -0.05) is 28.1 Å². The second-order valence-corrected chi connectivity index (χ2v) is 4.33. The third kappa shape index (κ3) is 1.98. The number of halogens is 2. The number of hydrogen-bond donors (Lipinski definition) is 0. The molecule has 0 amide bonds. The van der Waals surface area contributed by atoms with Crippen molar-refractivity contribution in [2.45, 2.75) is 29.5 Å². The molecule has 2 heteroatoms. The van der Waals surface area contributed by atoms with E-state index < -0.39 is 0 Å². The van der Waals surface area contributed by atoms with E-state index in [4.69, 9.17) is 11.6 Å². The summed E-state index contributed by atoms with van der Waals surface area (Å²) in [5.41, 5.74) is 1.18. The Morgan fingerprint density at radius 2 is 2.22 bits per heavy atom. The first-order chi connectivity index (χ1) is 4.20. The van der Waals surface area contributed by atoms with Gasteiger partial charge in [0.1, 0.15) is 0 Å². The number of rotatable bonds is 0. The second-order valence-electron chi connectivity index (χ2n) is 2.50. The van der Waals surface area contributed by atoms with Gasteiger partial charge in [0.05, 0.1) is 5.38 Å². The van der Waals surface area contributed by atoms with E-state index in [1.54, 1.807) is 0 Å². The Kier molecular flexibility index (Phi) is 2.59. The van der Waals surface area contributed by atoms with Crippen LogP contribution in [-0.2, 0) is 0 Å². The van der Waals surface area contributed by atoms with Crippen LogP contribution in [0, 0.1) is 0 Å². The van der Waals surface area contributed by atoms with Crippen LogP contribution >= 0.6 is 27.5 Å². The van der Waals surface area contributed by atoms with E-state index in [-0.39, 0.29) is 5.38 Å². The molecule has 1 fully saturated rings. The lowest BCUT2D eigenvalue weighted by Gasteiger charge is -2.22. The van der Waals surface area contributed by atoms with Crippen LogP contribution in [0.4, 0.5) is 0 Å². The highest BCUT2D eigenvalue weighted by Crippen LogP contribution is 2.30. The van der Waals surface area contributed by atoms with Crippen molar-refractivity contribution >= 4 is 27.5 Å². The maximum absolute atomic E-state index is 5.91. The average Bonchev–Trinajstić information content (AvgIpc) is 1.80. The quantitative estimate of drug-likeness (QED) is 0.425. The Labute approximate surface area is 69.4 Å². The third-order valence-corrected chi connectivity index (χ3v) is 2.97. The smallest absolute Gasteiger partial charge is 0.0543 e. The first-order valence-electron chi connectivity index (χ1n) is 3.16. The van der Waals surface area contributed by atoms with E-state index in [1.165, 1.54) is 12.0 Å². The van der Waals surface area contributed by atoms with Crippen molar-refractivity contribution in [2.24, 2.45) is 0 Å². The Bertz CT molecular complexity index is 122. The fourth-order valence-corrected chi connectivity index (χ4v) is 1.94. The summed E-state index contributed by atoms with van der Waals surface area (Å²) in [7, 11) is 0. The van der Waals surface area contributed by atoms with E-state index in [0.29, 0.717) is 4.83 Å². The predicted molar refractivity (Wildman–Crippen MR) is 45.3 cm³/mol. The molecule has 2 unspecified atom stereocenters. The normalized spacial score (nSPS) is 36.9. The second kappa shape index (κ2) is 3.07. The molecule has 9 heavy (non-hydrogen) atoms. The largest absolute Gasteiger partial charge is 0.118 e. The molecule has 0 radical (unpaired) electrons. The van der Waals surface area contributed by atoms with Gasteiger partial charge in [-0.05, 0) is 19.3 Å². The molecule has 1 saturated carbocycles. The highest BCUT2D eigenvalue weighted by atomic mass is 79.9. The van der Waals surface area contributed by atoms with Crippen LogP contribution < -0.4 is 0 Å². The van der Waals surface area contributed by atoms with Gasteiger partial charge in [0.25, 0.3) is 0 Å². The van der Waals surface area contributed by atoms with E-state index >= 15 is 0 Å². The molecule has 0 aromatic carbocycles. The molecule has 0 aromatic rings. The average molecular weight is 210 g/mol. The highest BCUT2D eigenvalue weighted by molar-refractivity contribution is 9.09. The van der Waals surface area contributed by atoms with Crippen LogP contribution in [-0.4, -0.2) is 10.2 Å². The van der Waals surface area contributed by atoms with Crippen LogP contribution in [0.1, 0.15) is 19.3 Å². The Morgan fingerprint density at radius 3 is 2.67 bits per heavy atom. The van der Waals surface area contributed by atoms with Crippen LogP contribution in [0.5, 0.6) is 0 Å². The van der Waals surface area contributed by atoms with Crippen molar-refractivity contribution in [1.29, 1.82) is 0 Å². The van der Waals surface area contributed by atoms with Crippen LogP contribution in [0.2, 0.25) is 0 Å². The first kappa shape index (κ1) is 7.62. The molecule has 0 aliphatic heterocycles. The standard InChI is InChI=1S/C7H10BrCl/c1-5-4-6(8)2-3-7(5)9/h6-7H,1-4H2. The predicted octanol–water partition coefficient (Wildman–Crippen LogP) is 3.10. The van der Waals surface area contributed by atoms with Crippen molar-refractivity contribution in [3.05, 3.63) is 12.2 Å². The maximum Gasteiger partial charge on any atom is 0.0543 e. The fourth-order valence-electron chi connectivity index (χ4n) is 1.05. The number of alkyl halides is 2. The van der Waals surface area contributed by atoms with Gasteiger partial charge < -0.3 is 0 Å². The van der Waals surface area contributed by atoms with E-state index in [9.17, 15) is 0 Å². The van der Waals surface area contributed by atoms with Crippen molar-refractivity contribution in [2.75, 3.05) is 0 Å². The van der Waals surface area contributed by atoms with Crippen LogP contribution in [0.3, 0.4) is 0 Å². The van der Waals surface area contributed by atoms with Gasteiger partial charge in [-0.3, -0.25) is 0 Å².